The summed E-state index contributed by atoms with van der Waals surface area (Å²) in [7, 11) is 1.49. The van der Waals surface area contributed by atoms with Crippen molar-refractivity contribution in [1.82, 2.24) is 10.6 Å². The van der Waals surface area contributed by atoms with Gasteiger partial charge in [-0.15, -0.1) is 0 Å². The number of nitrogen functional groups attached to an aromatic ring is 1. The Balaban J connectivity index is 1.80. The van der Waals surface area contributed by atoms with Crippen LogP contribution in [0, 0.1) is 5.92 Å². The van der Waals surface area contributed by atoms with Crippen molar-refractivity contribution < 1.29 is 14.3 Å². The van der Waals surface area contributed by atoms with Gasteiger partial charge in [0.15, 0.2) is 0 Å². The van der Waals surface area contributed by atoms with Crippen LogP contribution in [-0.2, 0) is 4.79 Å². The number of anilines is 1. The first-order valence-corrected chi connectivity index (χ1v) is 6.61. The number of rotatable bonds is 6. The normalized spacial score (nSPS) is 13.7. The number of hydrogen-bond donors (Lipinski definition) is 3. The fourth-order valence-electron chi connectivity index (χ4n) is 1.84. The Hall–Kier alpha value is -2.24. The molecule has 1 aromatic carbocycles. The lowest BCUT2D eigenvalue weighted by atomic mass is 10.1. The van der Waals surface area contributed by atoms with Crippen LogP contribution < -0.4 is 21.1 Å². The molecule has 0 saturated heterocycles. The van der Waals surface area contributed by atoms with E-state index < -0.39 is 0 Å². The number of nitrogens with two attached hydrogens (primary N) is 1. The maximum absolute atomic E-state index is 12.0. The van der Waals surface area contributed by atoms with Crippen LogP contribution in [0.4, 0.5) is 5.69 Å². The van der Waals surface area contributed by atoms with Crippen molar-refractivity contribution in [3.05, 3.63) is 23.8 Å². The molecule has 0 bridgehead atoms. The SMILES string of the molecule is COc1cc(N)ccc1C(=O)NCCNC(=O)C1CC1. The van der Waals surface area contributed by atoms with Gasteiger partial charge in [0, 0.05) is 30.8 Å². The molecule has 0 spiro atoms. The van der Waals surface area contributed by atoms with Crippen molar-refractivity contribution >= 4 is 17.5 Å². The van der Waals surface area contributed by atoms with Crippen molar-refractivity contribution in [2.75, 3.05) is 25.9 Å². The number of hydrogen-bond acceptors (Lipinski definition) is 4. The molecule has 1 saturated carbocycles. The Morgan fingerprint density at radius 2 is 2.00 bits per heavy atom. The summed E-state index contributed by atoms with van der Waals surface area (Å²) in [5.41, 5.74) is 6.60. The van der Waals surface area contributed by atoms with Gasteiger partial charge in [-0.05, 0) is 25.0 Å². The highest BCUT2D eigenvalue weighted by Crippen LogP contribution is 2.28. The molecule has 20 heavy (non-hydrogen) atoms. The molecule has 6 heteroatoms. The van der Waals surface area contributed by atoms with Crippen LogP contribution in [-0.4, -0.2) is 32.0 Å². The number of methoxy groups -OCH3 is 1. The number of carbonyl (C=O) groups excluding carboxylic acids is 2. The van der Waals surface area contributed by atoms with Crippen LogP contribution in [0.5, 0.6) is 5.75 Å². The Morgan fingerprint density at radius 1 is 1.30 bits per heavy atom. The highest BCUT2D eigenvalue weighted by atomic mass is 16.5. The fraction of sp³-hybridized carbons (Fsp3) is 0.429. The number of carbonyl (C=O) groups is 2. The summed E-state index contributed by atoms with van der Waals surface area (Å²) in [6.45, 7) is 0.809. The van der Waals surface area contributed by atoms with Crippen LogP contribution in [0.25, 0.3) is 0 Å². The predicted octanol–water partition coefficient (Wildman–Crippen LogP) is 0.533. The van der Waals surface area contributed by atoms with E-state index in [0.29, 0.717) is 30.1 Å². The Labute approximate surface area is 117 Å². The van der Waals surface area contributed by atoms with Crippen LogP contribution in [0.15, 0.2) is 18.2 Å². The summed E-state index contributed by atoms with van der Waals surface area (Å²) < 4.78 is 5.12. The first-order valence-electron chi connectivity index (χ1n) is 6.61. The molecule has 1 aliphatic rings. The van der Waals surface area contributed by atoms with E-state index in [-0.39, 0.29) is 17.7 Å². The van der Waals surface area contributed by atoms with Gasteiger partial charge in [-0.1, -0.05) is 0 Å². The molecule has 0 aliphatic heterocycles. The lowest BCUT2D eigenvalue weighted by Crippen LogP contribution is -2.35. The molecule has 2 amide bonds. The van der Waals surface area contributed by atoms with Gasteiger partial charge in [-0.3, -0.25) is 9.59 Å². The monoisotopic (exact) mass is 277 g/mol. The third kappa shape index (κ3) is 3.63. The number of nitrogens with one attached hydrogen (secondary N) is 2. The van der Waals surface area contributed by atoms with Gasteiger partial charge in [-0.2, -0.15) is 0 Å². The first kappa shape index (κ1) is 14.2. The summed E-state index contributed by atoms with van der Waals surface area (Å²) in [6, 6.07) is 4.86. The minimum absolute atomic E-state index is 0.0734. The Morgan fingerprint density at radius 3 is 2.65 bits per heavy atom. The molecular formula is C14H19N3O3. The Bertz CT molecular complexity index is 512. The Kier molecular flexibility index (Phi) is 4.45. The number of ether oxygens (including phenoxy) is 1. The average molecular weight is 277 g/mol. The zero-order valence-corrected chi connectivity index (χ0v) is 11.4. The minimum atomic E-state index is -0.248. The van der Waals surface area contributed by atoms with Crippen LogP contribution in [0.1, 0.15) is 23.2 Å². The van der Waals surface area contributed by atoms with E-state index in [9.17, 15) is 9.59 Å². The van der Waals surface area contributed by atoms with E-state index in [1.54, 1.807) is 18.2 Å². The average Bonchev–Trinajstić information content (AvgIpc) is 3.27. The zero-order chi connectivity index (χ0) is 14.5. The maximum atomic E-state index is 12.0. The molecule has 0 aromatic heterocycles. The molecule has 0 radical (unpaired) electrons. The lowest BCUT2D eigenvalue weighted by molar-refractivity contribution is -0.122. The summed E-state index contributed by atoms with van der Waals surface area (Å²) in [6.07, 6.45) is 1.95. The summed E-state index contributed by atoms with van der Waals surface area (Å²) in [5.74, 6) is 0.444. The molecule has 108 valence electrons. The number of amides is 2. The van der Waals surface area contributed by atoms with Gasteiger partial charge in [0.1, 0.15) is 5.75 Å². The molecule has 1 fully saturated rings. The molecule has 0 heterocycles. The maximum Gasteiger partial charge on any atom is 0.255 e. The van der Waals surface area contributed by atoms with Gasteiger partial charge in [0.25, 0.3) is 5.91 Å². The number of benzene rings is 1. The topological polar surface area (TPSA) is 93.4 Å². The summed E-state index contributed by atoms with van der Waals surface area (Å²) >= 11 is 0. The molecule has 2 rings (SSSR count). The van der Waals surface area contributed by atoms with Crippen molar-refractivity contribution in [3.63, 3.8) is 0 Å². The van der Waals surface area contributed by atoms with Crippen molar-refractivity contribution in [2.45, 2.75) is 12.8 Å². The van der Waals surface area contributed by atoms with Crippen LogP contribution >= 0.6 is 0 Å². The van der Waals surface area contributed by atoms with E-state index in [0.717, 1.165) is 12.8 Å². The highest BCUT2D eigenvalue weighted by molar-refractivity contribution is 5.97. The molecule has 1 aromatic rings. The molecule has 1 aliphatic carbocycles. The van der Waals surface area contributed by atoms with Gasteiger partial charge in [-0.25, -0.2) is 0 Å². The molecular weight excluding hydrogens is 258 g/mol. The third-order valence-corrected chi connectivity index (χ3v) is 3.13. The molecule has 6 nitrogen and oxygen atoms in total. The zero-order valence-electron chi connectivity index (χ0n) is 11.4. The van der Waals surface area contributed by atoms with E-state index in [2.05, 4.69) is 10.6 Å². The van der Waals surface area contributed by atoms with Gasteiger partial charge >= 0.3 is 0 Å². The predicted molar refractivity (Wildman–Crippen MR) is 75.5 cm³/mol. The summed E-state index contributed by atoms with van der Waals surface area (Å²) in [4.78, 5) is 23.4. The first-order chi connectivity index (χ1) is 9.61. The quantitative estimate of drug-likeness (QED) is 0.522. The summed E-state index contributed by atoms with van der Waals surface area (Å²) in [5, 5.41) is 5.52. The fourth-order valence-corrected chi connectivity index (χ4v) is 1.84. The van der Waals surface area contributed by atoms with Crippen molar-refractivity contribution in [3.8, 4) is 5.75 Å². The smallest absolute Gasteiger partial charge is 0.255 e. The van der Waals surface area contributed by atoms with E-state index >= 15 is 0 Å². The lowest BCUT2D eigenvalue weighted by Gasteiger charge is -2.10. The molecule has 4 N–H and O–H groups in total. The van der Waals surface area contributed by atoms with Gasteiger partial charge in [0.2, 0.25) is 5.91 Å². The second-order valence-corrected chi connectivity index (χ2v) is 4.78. The van der Waals surface area contributed by atoms with E-state index in [4.69, 9.17) is 10.5 Å². The highest BCUT2D eigenvalue weighted by Gasteiger charge is 2.29. The second-order valence-electron chi connectivity index (χ2n) is 4.78. The second kappa shape index (κ2) is 6.27. The van der Waals surface area contributed by atoms with Crippen molar-refractivity contribution in [2.24, 2.45) is 5.92 Å². The van der Waals surface area contributed by atoms with E-state index in [1.165, 1.54) is 7.11 Å². The third-order valence-electron chi connectivity index (χ3n) is 3.13. The van der Waals surface area contributed by atoms with E-state index in [1.807, 2.05) is 0 Å². The minimum Gasteiger partial charge on any atom is -0.496 e. The van der Waals surface area contributed by atoms with Gasteiger partial charge < -0.3 is 21.1 Å². The van der Waals surface area contributed by atoms with Gasteiger partial charge in [0.05, 0.1) is 12.7 Å². The van der Waals surface area contributed by atoms with Crippen LogP contribution in [0.3, 0.4) is 0 Å². The standard InChI is InChI=1S/C14H19N3O3/c1-20-12-8-10(15)4-5-11(12)14(19)17-7-6-16-13(18)9-2-3-9/h4-5,8-9H,2-3,6-7,15H2,1H3,(H,16,18)(H,17,19). The molecule has 0 unspecified atom stereocenters. The largest absolute Gasteiger partial charge is 0.496 e. The van der Waals surface area contributed by atoms with Crippen molar-refractivity contribution in [1.29, 1.82) is 0 Å². The van der Waals surface area contributed by atoms with Crippen LogP contribution in [0.2, 0.25) is 0 Å². The molecule has 0 atom stereocenters.